The molecule has 0 aromatic heterocycles. The maximum Gasteiger partial charge on any atom is 0.130 e. The lowest BCUT2D eigenvalue weighted by Crippen LogP contribution is -2.88. The summed E-state index contributed by atoms with van der Waals surface area (Å²) in [5.74, 6) is 0. The molecule has 0 spiro atoms. The normalized spacial score (nSPS) is 13.7. The van der Waals surface area contributed by atoms with Crippen LogP contribution in [0.4, 0.5) is 5.69 Å². The molecule has 0 aliphatic rings. The van der Waals surface area contributed by atoms with Crippen LogP contribution in [0.25, 0.3) is 0 Å². The van der Waals surface area contributed by atoms with E-state index in [-0.39, 0.29) is 6.04 Å². The quantitative estimate of drug-likeness (QED) is 0.851. The summed E-state index contributed by atoms with van der Waals surface area (Å²) in [4.78, 5) is 2.09. The number of anilines is 1. The Bertz CT molecular complexity index is 537. The van der Waals surface area contributed by atoms with Gasteiger partial charge in [-0.15, -0.1) is 0 Å². The summed E-state index contributed by atoms with van der Waals surface area (Å²) in [6.07, 6.45) is -0.438. The Balaban J connectivity index is 1.90. The fourth-order valence-electron chi connectivity index (χ4n) is 2.33. The van der Waals surface area contributed by atoms with Crippen molar-refractivity contribution in [3.05, 3.63) is 65.7 Å². The molecule has 3 nitrogen and oxygen atoms in total. The molecular formula is C18H25N2O+. The number of aliphatic hydroxyl groups is 1. The lowest BCUT2D eigenvalue weighted by atomic mass is 10.0. The smallest absolute Gasteiger partial charge is 0.130 e. The van der Waals surface area contributed by atoms with Gasteiger partial charge in [0.25, 0.3) is 0 Å². The van der Waals surface area contributed by atoms with Crippen molar-refractivity contribution in [1.29, 1.82) is 0 Å². The van der Waals surface area contributed by atoms with E-state index in [1.165, 1.54) is 11.3 Å². The van der Waals surface area contributed by atoms with Gasteiger partial charge in [0.1, 0.15) is 18.7 Å². The molecule has 0 radical (unpaired) electrons. The number of benzene rings is 2. The van der Waals surface area contributed by atoms with Crippen molar-refractivity contribution in [2.75, 3.05) is 19.0 Å². The van der Waals surface area contributed by atoms with E-state index in [1.807, 2.05) is 44.4 Å². The van der Waals surface area contributed by atoms with Crippen molar-refractivity contribution in [3.63, 3.8) is 0 Å². The van der Waals surface area contributed by atoms with Crippen LogP contribution in [0.2, 0.25) is 0 Å². The van der Waals surface area contributed by atoms with E-state index in [0.717, 1.165) is 12.1 Å². The van der Waals surface area contributed by atoms with Crippen LogP contribution in [0.1, 0.15) is 24.2 Å². The van der Waals surface area contributed by atoms with Gasteiger partial charge in [0, 0.05) is 25.3 Å². The van der Waals surface area contributed by atoms with Crippen molar-refractivity contribution < 1.29 is 10.4 Å². The summed E-state index contributed by atoms with van der Waals surface area (Å²) in [6.45, 7) is 2.94. The molecule has 0 bridgehead atoms. The first kappa shape index (κ1) is 15.5. The Morgan fingerprint density at radius 1 is 1.00 bits per heavy atom. The van der Waals surface area contributed by atoms with Crippen LogP contribution in [-0.4, -0.2) is 25.2 Å². The Kier molecular flexibility index (Phi) is 5.37. The highest BCUT2D eigenvalue weighted by molar-refractivity contribution is 5.45. The molecule has 2 atom stereocenters. The standard InChI is InChI=1S/C18H24N2O/c1-14(18(21)16-7-5-4-6-8-16)19-13-15-9-11-17(12-10-15)20(2)3/h4-12,14,18-19,21H,13H2,1-3H3/p+1/t14-,18+/m0/s1. The summed E-state index contributed by atoms with van der Waals surface area (Å²) in [5.41, 5.74) is 3.45. The predicted molar refractivity (Wildman–Crippen MR) is 87.3 cm³/mol. The zero-order chi connectivity index (χ0) is 15.2. The molecule has 0 unspecified atom stereocenters. The third-order valence-electron chi connectivity index (χ3n) is 3.82. The molecule has 0 saturated heterocycles. The topological polar surface area (TPSA) is 40.1 Å². The number of aliphatic hydroxyl groups excluding tert-OH is 1. The van der Waals surface area contributed by atoms with E-state index in [9.17, 15) is 5.11 Å². The molecule has 0 aliphatic heterocycles. The monoisotopic (exact) mass is 285 g/mol. The van der Waals surface area contributed by atoms with Gasteiger partial charge in [0.2, 0.25) is 0 Å². The fraction of sp³-hybridized carbons (Fsp3) is 0.333. The van der Waals surface area contributed by atoms with Crippen LogP contribution < -0.4 is 10.2 Å². The molecule has 0 fully saturated rings. The SMILES string of the molecule is C[C@H]([NH2+]Cc1ccc(N(C)C)cc1)[C@@H](O)c1ccccc1. The zero-order valence-electron chi connectivity index (χ0n) is 13.0. The molecule has 2 aromatic rings. The van der Waals surface area contributed by atoms with Gasteiger partial charge in [-0.3, -0.25) is 0 Å². The van der Waals surface area contributed by atoms with Crippen LogP contribution in [0.3, 0.4) is 0 Å². The van der Waals surface area contributed by atoms with E-state index in [0.29, 0.717) is 0 Å². The summed E-state index contributed by atoms with van der Waals surface area (Å²) < 4.78 is 0. The minimum absolute atomic E-state index is 0.126. The average molecular weight is 285 g/mol. The molecular weight excluding hydrogens is 260 g/mol. The molecule has 3 N–H and O–H groups in total. The first-order valence-corrected chi connectivity index (χ1v) is 7.40. The molecule has 3 heteroatoms. The van der Waals surface area contributed by atoms with Gasteiger partial charge < -0.3 is 15.3 Å². The summed E-state index contributed by atoms with van der Waals surface area (Å²) in [5, 5.41) is 12.5. The van der Waals surface area contributed by atoms with Crippen LogP contribution in [0.5, 0.6) is 0 Å². The van der Waals surface area contributed by atoms with Crippen molar-refractivity contribution in [2.24, 2.45) is 0 Å². The summed E-state index contributed by atoms with van der Waals surface area (Å²) >= 11 is 0. The molecule has 2 rings (SSSR count). The molecule has 0 heterocycles. The van der Waals surface area contributed by atoms with Crippen molar-refractivity contribution in [3.8, 4) is 0 Å². The third-order valence-corrected chi connectivity index (χ3v) is 3.82. The molecule has 0 saturated carbocycles. The van der Waals surface area contributed by atoms with Gasteiger partial charge in [0.05, 0.1) is 0 Å². The van der Waals surface area contributed by atoms with Gasteiger partial charge >= 0.3 is 0 Å². The number of hydrogen-bond acceptors (Lipinski definition) is 2. The Morgan fingerprint density at radius 3 is 2.19 bits per heavy atom. The minimum Gasteiger partial charge on any atom is -0.382 e. The second kappa shape index (κ2) is 7.25. The van der Waals surface area contributed by atoms with E-state index in [4.69, 9.17) is 0 Å². The molecule has 112 valence electrons. The zero-order valence-corrected chi connectivity index (χ0v) is 13.0. The van der Waals surface area contributed by atoms with Crippen LogP contribution in [0, 0.1) is 0 Å². The summed E-state index contributed by atoms with van der Waals surface area (Å²) in [7, 11) is 4.08. The van der Waals surface area contributed by atoms with Crippen LogP contribution in [-0.2, 0) is 6.54 Å². The van der Waals surface area contributed by atoms with E-state index in [1.54, 1.807) is 0 Å². The number of rotatable bonds is 6. The van der Waals surface area contributed by atoms with Crippen molar-refractivity contribution in [1.82, 2.24) is 0 Å². The Hall–Kier alpha value is -1.84. The molecule has 2 aromatic carbocycles. The van der Waals surface area contributed by atoms with Crippen LogP contribution >= 0.6 is 0 Å². The van der Waals surface area contributed by atoms with E-state index >= 15 is 0 Å². The van der Waals surface area contributed by atoms with Gasteiger partial charge in [0.15, 0.2) is 0 Å². The highest BCUT2D eigenvalue weighted by Crippen LogP contribution is 2.14. The molecule has 0 aliphatic carbocycles. The Labute approximate surface area is 127 Å². The highest BCUT2D eigenvalue weighted by Gasteiger charge is 2.18. The lowest BCUT2D eigenvalue weighted by Gasteiger charge is -2.18. The first-order chi connectivity index (χ1) is 10.1. The van der Waals surface area contributed by atoms with Crippen molar-refractivity contribution in [2.45, 2.75) is 25.6 Å². The van der Waals surface area contributed by atoms with Gasteiger partial charge in [-0.05, 0) is 24.6 Å². The average Bonchev–Trinajstić information content (AvgIpc) is 2.53. The molecule has 21 heavy (non-hydrogen) atoms. The predicted octanol–water partition coefficient (Wildman–Crippen LogP) is 1.94. The maximum atomic E-state index is 10.3. The second-order valence-corrected chi connectivity index (χ2v) is 5.72. The summed E-state index contributed by atoms with van der Waals surface area (Å²) in [6, 6.07) is 18.5. The number of nitrogens with two attached hydrogens (primary N) is 1. The minimum atomic E-state index is -0.438. The number of quaternary nitrogens is 1. The number of nitrogens with zero attached hydrogens (tertiary/aromatic N) is 1. The van der Waals surface area contributed by atoms with Gasteiger partial charge in [-0.25, -0.2) is 0 Å². The largest absolute Gasteiger partial charge is 0.382 e. The Morgan fingerprint density at radius 2 is 1.62 bits per heavy atom. The van der Waals surface area contributed by atoms with Crippen LogP contribution in [0.15, 0.2) is 54.6 Å². The van der Waals surface area contributed by atoms with Gasteiger partial charge in [-0.1, -0.05) is 42.5 Å². The van der Waals surface area contributed by atoms with Gasteiger partial charge in [-0.2, -0.15) is 0 Å². The molecule has 0 amide bonds. The third kappa shape index (κ3) is 4.31. The van der Waals surface area contributed by atoms with Crippen molar-refractivity contribution >= 4 is 5.69 Å². The lowest BCUT2D eigenvalue weighted by molar-refractivity contribution is -0.709. The number of hydrogen-bond donors (Lipinski definition) is 2. The second-order valence-electron chi connectivity index (χ2n) is 5.72. The van der Waals surface area contributed by atoms with E-state index in [2.05, 4.69) is 41.4 Å². The maximum absolute atomic E-state index is 10.3. The van der Waals surface area contributed by atoms with E-state index < -0.39 is 6.10 Å². The highest BCUT2D eigenvalue weighted by atomic mass is 16.3. The fourth-order valence-corrected chi connectivity index (χ4v) is 2.33. The first-order valence-electron chi connectivity index (χ1n) is 7.40.